The number of nitrogens with zero attached hydrogens (tertiary/aromatic N) is 2. The summed E-state index contributed by atoms with van der Waals surface area (Å²) in [5.41, 5.74) is 3.14. The van der Waals surface area contributed by atoms with E-state index >= 15 is 0 Å². The zero-order valence-electron chi connectivity index (χ0n) is 19.7. The second-order valence-corrected chi connectivity index (χ2v) is 9.04. The highest BCUT2D eigenvalue weighted by Crippen LogP contribution is 2.26. The minimum absolute atomic E-state index is 0.142. The van der Waals surface area contributed by atoms with Crippen LogP contribution in [0.1, 0.15) is 29.5 Å². The standard InChI is InChI=1S/C28H28ClN3O4/c29-22-13-6-4-11-20(22)17-32-16-8-15-25(32)27(34)31-23-14-7-5-12-21(23)26(19-9-2-1-3-10-19)30-24(18-33)28(35)36/h1-7,9-14,24-25,33H,8,15-18H2,(H,31,34)(H,35,36)/t24-,25+/m1/s1. The van der Waals surface area contributed by atoms with E-state index in [0.717, 1.165) is 24.9 Å². The number of anilines is 1. The molecular weight excluding hydrogens is 478 g/mol. The van der Waals surface area contributed by atoms with Crippen molar-refractivity contribution in [2.45, 2.75) is 31.5 Å². The van der Waals surface area contributed by atoms with Crippen molar-refractivity contribution in [1.29, 1.82) is 0 Å². The second kappa shape index (κ2) is 11.9. The van der Waals surface area contributed by atoms with Gasteiger partial charge in [-0.3, -0.25) is 14.7 Å². The number of aliphatic hydroxyl groups excluding tert-OH is 1. The van der Waals surface area contributed by atoms with Crippen molar-refractivity contribution >= 4 is 34.9 Å². The third-order valence-corrected chi connectivity index (χ3v) is 6.60. The van der Waals surface area contributed by atoms with Crippen molar-refractivity contribution in [3.05, 3.63) is 101 Å². The summed E-state index contributed by atoms with van der Waals surface area (Å²) in [6, 6.07) is 22.3. The Hall–Kier alpha value is -3.52. The van der Waals surface area contributed by atoms with Gasteiger partial charge in [-0.1, -0.05) is 78.3 Å². The number of rotatable bonds is 9. The molecule has 0 saturated carbocycles. The molecule has 8 heteroatoms. The number of para-hydroxylation sites is 1. The van der Waals surface area contributed by atoms with Crippen molar-refractivity contribution in [1.82, 2.24) is 4.90 Å². The molecule has 2 atom stereocenters. The summed E-state index contributed by atoms with van der Waals surface area (Å²) in [6.45, 7) is 0.727. The van der Waals surface area contributed by atoms with Crippen LogP contribution in [0.4, 0.5) is 5.69 Å². The molecule has 0 aliphatic carbocycles. The Morgan fingerprint density at radius 1 is 1.03 bits per heavy atom. The fourth-order valence-electron chi connectivity index (χ4n) is 4.40. The maximum absolute atomic E-state index is 13.4. The lowest BCUT2D eigenvalue weighted by Crippen LogP contribution is -2.39. The van der Waals surface area contributed by atoms with Crippen LogP contribution in [0, 0.1) is 0 Å². The van der Waals surface area contributed by atoms with Gasteiger partial charge in [0.2, 0.25) is 5.91 Å². The summed E-state index contributed by atoms with van der Waals surface area (Å²) in [5, 5.41) is 22.8. The minimum atomic E-state index is -1.33. The molecule has 186 valence electrons. The molecule has 1 saturated heterocycles. The zero-order chi connectivity index (χ0) is 25.5. The summed E-state index contributed by atoms with van der Waals surface area (Å²) in [4.78, 5) is 31.6. The molecule has 1 heterocycles. The van der Waals surface area contributed by atoms with Gasteiger partial charge in [-0.2, -0.15) is 0 Å². The highest BCUT2D eigenvalue weighted by Gasteiger charge is 2.31. The van der Waals surface area contributed by atoms with E-state index in [0.29, 0.717) is 34.1 Å². The van der Waals surface area contributed by atoms with Crippen LogP contribution < -0.4 is 5.32 Å². The maximum atomic E-state index is 13.4. The third-order valence-electron chi connectivity index (χ3n) is 6.23. The number of hydrogen-bond acceptors (Lipinski definition) is 5. The minimum Gasteiger partial charge on any atom is -0.480 e. The van der Waals surface area contributed by atoms with Gasteiger partial charge >= 0.3 is 5.97 Å². The van der Waals surface area contributed by atoms with Crippen molar-refractivity contribution in [3.8, 4) is 0 Å². The van der Waals surface area contributed by atoms with Gasteiger partial charge in [0.15, 0.2) is 6.04 Å². The summed E-state index contributed by atoms with van der Waals surface area (Å²) in [5.74, 6) is -1.37. The molecule has 3 aromatic rings. The second-order valence-electron chi connectivity index (χ2n) is 8.64. The highest BCUT2D eigenvalue weighted by atomic mass is 35.5. The lowest BCUT2D eigenvalue weighted by molar-refractivity contribution is -0.139. The van der Waals surface area contributed by atoms with E-state index in [-0.39, 0.29) is 11.9 Å². The monoisotopic (exact) mass is 505 g/mol. The number of carboxylic acid groups (broad SMARTS) is 1. The first-order valence-corrected chi connectivity index (χ1v) is 12.2. The van der Waals surface area contributed by atoms with Crippen LogP contribution in [-0.2, 0) is 16.1 Å². The van der Waals surface area contributed by atoms with Gasteiger partial charge in [0.1, 0.15) is 0 Å². The first kappa shape index (κ1) is 25.6. The largest absolute Gasteiger partial charge is 0.480 e. The van der Waals surface area contributed by atoms with Crippen molar-refractivity contribution in [3.63, 3.8) is 0 Å². The van der Waals surface area contributed by atoms with Gasteiger partial charge in [0, 0.05) is 22.7 Å². The summed E-state index contributed by atoms with van der Waals surface area (Å²) < 4.78 is 0. The number of nitrogens with one attached hydrogen (secondary N) is 1. The first-order valence-electron chi connectivity index (χ1n) is 11.8. The average Bonchev–Trinajstić information content (AvgIpc) is 3.35. The van der Waals surface area contributed by atoms with Crippen LogP contribution in [0.15, 0.2) is 83.9 Å². The van der Waals surface area contributed by atoms with E-state index in [9.17, 15) is 19.8 Å². The molecular formula is C28H28ClN3O4. The number of carbonyl (C=O) groups excluding carboxylic acids is 1. The molecule has 36 heavy (non-hydrogen) atoms. The van der Waals surface area contributed by atoms with Crippen molar-refractivity contribution < 1.29 is 19.8 Å². The Morgan fingerprint density at radius 3 is 2.44 bits per heavy atom. The number of hydrogen-bond donors (Lipinski definition) is 3. The van der Waals surface area contributed by atoms with Gasteiger partial charge in [0.25, 0.3) is 0 Å². The number of aliphatic hydroxyl groups is 1. The Kier molecular flexibility index (Phi) is 8.48. The van der Waals surface area contributed by atoms with E-state index in [1.54, 1.807) is 24.3 Å². The first-order chi connectivity index (χ1) is 17.5. The predicted octanol–water partition coefficient (Wildman–Crippen LogP) is 4.23. The molecule has 0 spiro atoms. The van der Waals surface area contributed by atoms with Crippen LogP contribution in [0.25, 0.3) is 0 Å². The molecule has 0 unspecified atom stereocenters. The molecule has 0 aromatic heterocycles. The fourth-order valence-corrected chi connectivity index (χ4v) is 4.59. The molecule has 1 amide bonds. The Balaban J connectivity index is 1.63. The van der Waals surface area contributed by atoms with Gasteiger partial charge in [-0.25, -0.2) is 4.79 Å². The molecule has 0 bridgehead atoms. The molecule has 0 radical (unpaired) electrons. The van der Waals surface area contributed by atoms with Crippen LogP contribution in [-0.4, -0.2) is 57.9 Å². The van der Waals surface area contributed by atoms with E-state index in [1.165, 1.54) is 0 Å². The van der Waals surface area contributed by atoms with Gasteiger partial charge < -0.3 is 15.5 Å². The molecule has 1 aliphatic heterocycles. The average molecular weight is 506 g/mol. The molecule has 3 N–H and O–H groups in total. The number of carbonyl (C=O) groups is 2. The highest BCUT2D eigenvalue weighted by molar-refractivity contribution is 6.31. The van der Waals surface area contributed by atoms with E-state index in [1.807, 2.05) is 54.6 Å². The number of likely N-dealkylation sites (tertiary alicyclic amines) is 1. The van der Waals surface area contributed by atoms with E-state index < -0.39 is 18.6 Å². The van der Waals surface area contributed by atoms with Gasteiger partial charge in [0.05, 0.1) is 24.0 Å². The molecule has 1 aliphatic rings. The van der Waals surface area contributed by atoms with Crippen LogP contribution >= 0.6 is 11.6 Å². The number of halogens is 1. The third kappa shape index (κ3) is 5.99. The number of aliphatic imine (C=N–C) groups is 1. The van der Waals surface area contributed by atoms with Crippen LogP contribution in [0.2, 0.25) is 5.02 Å². The van der Waals surface area contributed by atoms with Crippen LogP contribution in [0.3, 0.4) is 0 Å². The summed E-state index contributed by atoms with van der Waals surface area (Å²) >= 11 is 6.35. The van der Waals surface area contributed by atoms with Crippen LogP contribution in [0.5, 0.6) is 0 Å². The zero-order valence-corrected chi connectivity index (χ0v) is 20.4. The quantitative estimate of drug-likeness (QED) is 0.378. The van der Waals surface area contributed by atoms with E-state index in [2.05, 4.69) is 15.2 Å². The molecule has 4 rings (SSSR count). The number of amides is 1. The van der Waals surface area contributed by atoms with Gasteiger partial charge in [-0.05, 0) is 37.1 Å². The number of aliphatic carboxylic acids is 1. The smallest absolute Gasteiger partial charge is 0.330 e. The normalized spacial score (nSPS) is 17.1. The van der Waals surface area contributed by atoms with Gasteiger partial charge in [-0.15, -0.1) is 0 Å². The lowest BCUT2D eigenvalue weighted by Gasteiger charge is -2.25. The summed E-state index contributed by atoms with van der Waals surface area (Å²) in [6.07, 6.45) is 1.63. The SMILES string of the molecule is O=C(O)[C@@H](CO)N=C(c1ccccc1)c1ccccc1NC(=O)[C@@H]1CCCN1Cc1ccccc1Cl. The lowest BCUT2D eigenvalue weighted by atomic mass is 9.99. The van der Waals surface area contributed by atoms with E-state index in [4.69, 9.17) is 11.6 Å². The fraction of sp³-hybridized carbons (Fsp3) is 0.250. The van der Waals surface area contributed by atoms with Crippen molar-refractivity contribution in [2.24, 2.45) is 4.99 Å². The Morgan fingerprint density at radius 2 is 1.72 bits per heavy atom. The molecule has 1 fully saturated rings. The number of carboxylic acids is 1. The number of benzene rings is 3. The Labute approximate surface area is 215 Å². The summed E-state index contributed by atoms with van der Waals surface area (Å²) in [7, 11) is 0. The predicted molar refractivity (Wildman–Crippen MR) is 141 cm³/mol. The molecule has 7 nitrogen and oxygen atoms in total. The maximum Gasteiger partial charge on any atom is 0.330 e. The molecule has 3 aromatic carbocycles. The van der Waals surface area contributed by atoms with Crippen molar-refractivity contribution in [2.75, 3.05) is 18.5 Å². The Bertz CT molecular complexity index is 1250. The topological polar surface area (TPSA) is 102 Å².